The number of ether oxygens (including phenoxy) is 3. The molecule has 0 fully saturated rings. The third-order valence-electron chi connectivity index (χ3n) is 3.98. The molecule has 1 aliphatic carbocycles. The molecule has 0 aromatic heterocycles. The van der Waals surface area contributed by atoms with Crippen LogP contribution in [0.4, 0.5) is 0 Å². The minimum atomic E-state index is -0.526. The van der Waals surface area contributed by atoms with Gasteiger partial charge in [0.2, 0.25) is 0 Å². The first kappa shape index (κ1) is 16.3. The van der Waals surface area contributed by atoms with E-state index in [1.807, 2.05) is 0 Å². The molecule has 120 valence electrons. The van der Waals surface area contributed by atoms with Crippen molar-refractivity contribution in [3.05, 3.63) is 34.8 Å². The number of rotatable bonds is 2. The van der Waals surface area contributed by atoms with Gasteiger partial charge in [-0.3, -0.25) is 0 Å². The summed E-state index contributed by atoms with van der Waals surface area (Å²) in [6, 6.07) is 0. The van der Waals surface area contributed by atoms with Crippen molar-refractivity contribution in [3.8, 4) is 0 Å². The average Bonchev–Trinajstić information content (AvgIpc) is 2.72. The van der Waals surface area contributed by atoms with Gasteiger partial charge in [0.25, 0.3) is 0 Å². The number of carbonyl (C=O) groups excluding carboxylic acids is 2. The summed E-state index contributed by atoms with van der Waals surface area (Å²) in [6.07, 6.45) is 9.67. The van der Waals surface area contributed by atoms with E-state index in [4.69, 9.17) is 14.2 Å². The van der Waals surface area contributed by atoms with E-state index in [-0.39, 0.29) is 11.1 Å². The first-order chi connectivity index (χ1) is 10.7. The van der Waals surface area contributed by atoms with Crippen molar-refractivity contribution in [2.75, 3.05) is 14.2 Å². The molecule has 0 spiro atoms. The van der Waals surface area contributed by atoms with E-state index in [2.05, 4.69) is 0 Å². The SMILES string of the molecule is COC(=O)C1=C(C(=O)OC)C2=COC=C1CCCCCCC2. The van der Waals surface area contributed by atoms with Gasteiger partial charge in [-0.15, -0.1) is 0 Å². The monoisotopic (exact) mass is 306 g/mol. The van der Waals surface area contributed by atoms with Crippen LogP contribution in [0.2, 0.25) is 0 Å². The fraction of sp³-hybridized carbons (Fsp3) is 0.529. The molecule has 0 saturated heterocycles. The minimum Gasteiger partial charge on any atom is -0.472 e. The van der Waals surface area contributed by atoms with Crippen LogP contribution in [0.25, 0.3) is 0 Å². The summed E-state index contributed by atoms with van der Waals surface area (Å²) in [5.41, 5.74) is 1.95. The lowest BCUT2D eigenvalue weighted by Crippen LogP contribution is -2.17. The maximum atomic E-state index is 12.3. The van der Waals surface area contributed by atoms with Crippen LogP contribution in [0.15, 0.2) is 34.8 Å². The normalized spacial score (nSPS) is 19.2. The molecule has 0 saturated carbocycles. The summed E-state index contributed by atoms with van der Waals surface area (Å²) in [5.74, 6) is -1.05. The second kappa shape index (κ2) is 7.82. The molecule has 2 bridgehead atoms. The fourth-order valence-corrected chi connectivity index (χ4v) is 2.84. The van der Waals surface area contributed by atoms with E-state index in [1.165, 1.54) is 14.2 Å². The molecule has 1 aliphatic heterocycles. The van der Waals surface area contributed by atoms with Crippen LogP contribution in [0, 0.1) is 0 Å². The number of carbonyl (C=O) groups is 2. The van der Waals surface area contributed by atoms with Gasteiger partial charge in [-0.1, -0.05) is 19.3 Å². The Bertz CT molecular complexity index is 493. The highest BCUT2D eigenvalue weighted by atomic mass is 16.5. The lowest BCUT2D eigenvalue weighted by molar-refractivity contribution is -0.139. The predicted molar refractivity (Wildman–Crippen MR) is 80.6 cm³/mol. The van der Waals surface area contributed by atoms with Crippen LogP contribution in [0.3, 0.4) is 0 Å². The Morgan fingerprint density at radius 3 is 1.64 bits per heavy atom. The van der Waals surface area contributed by atoms with Gasteiger partial charge < -0.3 is 14.2 Å². The molecule has 5 heteroatoms. The van der Waals surface area contributed by atoms with Crippen LogP contribution < -0.4 is 0 Å². The van der Waals surface area contributed by atoms with E-state index in [0.717, 1.165) is 32.1 Å². The molecule has 0 radical (unpaired) electrons. The van der Waals surface area contributed by atoms with Gasteiger partial charge in [0, 0.05) is 11.1 Å². The smallest absolute Gasteiger partial charge is 0.339 e. The Morgan fingerprint density at radius 1 is 0.818 bits per heavy atom. The van der Waals surface area contributed by atoms with Crippen molar-refractivity contribution in [3.63, 3.8) is 0 Å². The summed E-state index contributed by atoms with van der Waals surface area (Å²) in [6.45, 7) is 0. The van der Waals surface area contributed by atoms with E-state index in [1.54, 1.807) is 12.5 Å². The first-order valence-electron chi connectivity index (χ1n) is 7.64. The molecule has 0 N–H and O–H groups in total. The van der Waals surface area contributed by atoms with Gasteiger partial charge in [0.1, 0.15) is 0 Å². The third kappa shape index (κ3) is 3.59. The lowest BCUT2D eigenvalue weighted by atomic mass is 9.92. The molecular weight excluding hydrogens is 284 g/mol. The molecule has 0 aromatic rings. The van der Waals surface area contributed by atoms with E-state index < -0.39 is 11.9 Å². The zero-order valence-electron chi connectivity index (χ0n) is 13.1. The van der Waals surface area contributed by atoms with Crippen molar-refractivity contribution in [2.24, 2.45) is 0 Å². The molecule has 5 nitrogen and oxygen atoms in total. The quantitative estimate of drug-likeness (QED) is 0.733. The minimum absolute atomic E-state index is 0.278. The Kier molecular flexibility index (Phi) is 5.81. The fourth-order valence-electron chi connectivity index (χ4n) is 2.84. The van der Waals surface area contributed by atoms with Crippen LogP contribution in [-0.4, -0.2) is 26.2 Å². The summed E-state index contributed by atoms with van der Waals surface area (Å²) < 4.78 is 15.3. The van der Waals surface area contributed by atoms with Crippen molar-refractivity contribution in [2.45, 2.75) is 44.9 Å². The first-order valence-corrected chi connectivity index (χ1v) is 7.64. The topological polar surface area (TPSA) is 61.8 Å². The zero-order valence-corrected chi connectivity index (χ0v) is 13.1. The summed E-state index contributed by atoms with van der Waals surface area (Å²) in [4.78, 5) is 24.6. The van der Waals surface area contributed by atoms with Crippen molar-refractivity contribution in [1.29, 1.82) is 0 Å². The maximum Gasteiger partial charge on any atom is 0.339 e. The molecule has 1 heterocycles. The highest BCUT2D eigenvalue weighted by Crippen LogP contribution is 2.33. The zero-order chi connectivity index (χ0) is 15.9. The third-order valence-corrected chi connectivity index (χ3v) is 3.98. The summed E-state index contributed by atoms with van der Waals surface area (Å²) >= 11 is 0. The number of hydrogen-bond donors (Lipinski definition) is 0. The Hall–Kier alpha value is -2.04. The van der Waals surface area contributed by atoms with Gasteiger partial charge in [-0.2, -0.15) is 0 Å². The van der Waals surface area contributed by atoms with Crippen molar-refractivity contribution in [1.82, 2.24) is 0 Å². The Morgan fingerprint density at radius 2 is 1.23 bits per heavy atom. The van der Waals surface area contributed by atoms with Crippen molar-refractivity contribution < 1.29 is 23.8 Å². The van der Waals surface area contributed by atoms with Gasteiger partial charge in [0.15, 0.2) is 0 Å². The molecular formula is C17H22O5. The van der Waals surface area contributed by atoms with Crippen LogP contribution in [0.5, 0.6) is 0 Å². The summed E-state index contributed by atoms with van der Waals surface area (Å²) in [5, 5.41) is 0. The standard InChI is InChI=1S/C17H22O5/c1-20-16(18)14-12-8-6-4-3-5-7-9-13(11-22-10-12)15(14)17(19)21-2/h10-11H,3-9H2,1-2H3. The highest BCUT2D eigenvalue weighted by Gasteiger charge is 2.30. The van der Waals surface area contributed by atoms with E-state index in [0.29, 0.717) is 24.0 Å². The molecule has 0 aromatic carbocycles. The molecule has 2 aliphatic rings. The number of hydrogen-bond acceptors (Lipinski definition) is 5. The predicted octanol–water partition coefficient (Wildman–Crippen LogP) is 3.17. The molecule has 0 unspecified atom stereocenters. The number of esters is 2. The molecule has 0 atom stereocenters. The Labute approximate surface area is 130 Å². The second-order valence-electron chi connectivity index (χ2n) is 5.42. The largest absolute Gasteiger partial charge is 0.472 e. The lowest BCUT2D eigenvalue weighted by Gasteiger charge is -2.14. The van der Waals surface area contributed by atoms with E-state index >= 15 is 0 Å². The van der Waals surface area contributed by atoms with Gasteiger partial charge in [-0.25, -0.2) is 9.59 Å². The maximum absolute atomic E-state index is 12.3. The number of methoxy groups -OCH3 is 2. The van der Waals surface area contributed by atoms with Crippen LogP contribution in [-0.2, 0) is 23.8 Å². The number of fused-ring (bicyclic) bond motifs is 2. The van der Waals surface area contributed by atoms with Crippen molar-refractivity contribution >= 4 is 11.9 Å². The van der Waals surface area contributed by atoms with E-state index in [9.17, 15) is 9.59 Å². The Balaban J connectivity index is 2.57. The summed E-state index contributed by atoms with van der Waals surface area (Å²) in [7, 11) is 2.63. The van der Waals surface area contributed by atoms with Crippen LogP contribution >= 0.6 is 0 Å². The molecule has 22 heavy (non-hydrogen) atoms. The molecule has 0 amide bonds. The average molecular weight is 306 g/mol. The second-order valence-corrected chi connectivity index (χ2v) is 5.42. The van der Waals surface area contributed by atoms with Gasteiger partial charge >= 0.3 is 11.9 Å². The van der Waals surface area contributed by atoms with Crippen LogP contribution in [0.1, 0.15) is 44.9 Å². The van der Waals surface area contributed by atoms with Gasteiger partial charge in [-0.05, 0) is 25.7 Å². The molecule has 2 rings (SSSR count). The highest BCUT2D eigenvalue weighted by molar-refractivity contribution is 6.06. The van der Waals surface area contributed by atoms with Gasteiger partial charge in [0.05, 0.1) is 37.9 Å².